The van der Waals surface area contributed by atoms with Crippen LogP contribution >= 0.6 is 23.5 Å². The molecule has 0 unspecified atom stereocenters. The van der Waals surface area contributed by atoms with Gasteiger partial charge in [0.15, 0.2) is 10.3 Å². The molecule has 0 radical (unpaired) electrons. The van der Waals surface area contributed by atoms with E-state index < -0.39 is 0 Å². The van der Waals surface area contributed by atoms with E-state index in [1.807, 2.05) is 6.07 Å². The van der Waals surface area contributed by atoms with Crippen molar-refractivity contribution in [1.82, 2.24) is 15.0 Å². The predicted octanol–water partition coefficient (Wildman–Crippen LogP) is 10.1. The molecule has 5 nitrogen and oxygen atoms in total. The van der Waals surface area contributed by atoms with Crippen molar-refractivity contribution < 1.29 is 5.11 Å². The lowest BCUT2D eigenvalue weighted by molar-refractivity contribution is 0.444. The molecule has 0 spiro atoms. The molecule has 0 saturated heterocycles. The smallest absolute Gasteiger partial charge is 0.232 e. The van der Waals surface area contributed by atoms with Gasteiger partial charge in [0.1, 0.15) is 5.75 Å². The topological polar surface area (TPSA) is 70.9 Å². The molecule has 0 aliphatic carbocycles. The Labute approximate surface area is 241 Å². The molecule has 2 N–H and O–H groups in total. The second kappa shape index (κ2) is 18.0. The Morgan fingerprint density at radius 1 is 0.711 bits per heavy atom. The van der Waals surface area contributed by atoms with E-state index in [9.17, 15) is 5.11 Å². The number of phenolic OH excluding ortho intramolecular Hbond substituents is 1. The minimum Gasteiger partial charge on any atom is -0.508 e. The Bertz CT molecular complexity index is 910. The van der Waals surface area contributed by atoms with Gasteiger partial charge in [0.2, 0.25) is 5.95 Å². The first-order valence-electron chi connectivity index (χ1n) is 14.9. The quantitative estimate of drug-likeness (QED) is 0.101. The molecule has 2 aromatic rings. The highest BCUT2D eigenvalue weighted by Crippen LogP contribution is 2.38. The average Bonchev–Trinajstić information content (AvgIpc) is 2.87. The maximum Gasteiger partial charge on any atom is 0.232 e. The molecule has 214 valence electrons. The SMILES string of the molecule is CCCCCCCCSc1nc(Nc2ccc(O)c(C(C)(C)C)c2CC)nc(SCCCCCCCC)n1. The van der Waals surface area contributed by atoms with Crippen LogP contribution in [0, 0.1) is 0 Å². The summed E-state index contributed by atoms with van der Waals surface area (Å²) in [5, 5.41) is 15.7. The van der Waals surface area contributed by atoms with Crippen LogP contribution in [0.2, 0.25) is 0 Å². The van der Waals surface area contributed by atoms with E-state index in [1.165, 1.54) is 77.0 Å². The summed E-state index contributed by atoms with van der Waals surface area (Å²) in [5.41, 5.74) is 2.89. The van der Waals surface area contributed by atoms with E-state index in [1.54, 1.807) is 29.6 Å². The number of benzene rings is 1. The number of aromatic nitrogens is 3. The van der Waals surface area contributed by atoms with Gasteiger partial charge >= 0.3 is 0 Å². The highest BCUT2D eigenvalue weighted by molar-refractivity contribution is 7.99. The Morgan fingerprint density at radius 3 is 1.68 bits per heavy atom. The van der Waals surface area contributed by atoms with Gasteiger partial charge in [0, 0.05) is 22.8 Å². The van der Waals surface area contributed by atoms with Crippen LogP contribution in [0.1, 0.15) is 130 Å². The van der Waals surface area contributed by atoms with Gasteiger partial charge < -0.3 is 10.4 Å². The van der Waals surface area contributed by atoms with Crippen LogP contribution < -0.4 is 5.32 Å². The fraction of sp³-hybridized carbons (Fsp3) is 0.710. The fourth-order valence-corrected chi connectivity index (χ4v) is 6.42. The Balaban J connectivity index is 2.15. The number of anilines is 2. The van der Waals surface area contributed by atoms with E-state index >= 15 is 0 Å². The van der Waals surface area contributed by atoms with E-state index in [0.29, 0.717) is 11.7 Å². The minimum atomic E-state index is -0.164. The molecule has 38 heavy (non-hydrogen) atoms. The van der Waals surface area contributed by atoms with Crippen molar-refractivity contribution >= 4 is 35.2 Å². The number of phenols is 1. The van der Waals surface area contributed by atoms with Crippen molar-refractivity contribution in [2.24, 2.45) is 0 Å². The zero-order valence-electron chi connectivity index (χ0n) is 24.9. The molecule has 0 atom stereocenters. The third-order valence-electron chi connectivity index (χ3n) is 6.69. The summed E-state index contributed by atoms with van der Waals surface area (Å²) < 4.78 is 0. The summed E-state index contributed by atoms with van der Waals surface area (Å²) in [4.78, 5) is 14.4. The molecule has 1 aromatic heterocycles. The molecule has 0 aliphatic rings. The zero-order valence-corrected chi connectivity index (χ0v) is 26.5. The van der Waals surface area contributed by atoms with Gasteiger partial charge in [-0.25, -0.2) is 0 Å². The van der Waals surface area contributed by atoms with Gasteiger partial charge in [-0.3, -0.25) is 0 Å². The van der Waals surface area contributed by atoms with Gasteiger partial charge in [0.25, 0.3) is 0 Å². The number of unbranched alkanes of at least 4 members (excludes halogenated alkanes) is 10. The normalized spacial score (nSPS) is 11.7. The fourth-order valence-electron chi connectivity index (χ4n) is 4.69. The van der Waals surface area contributed by atoms with Crippen LogP contribution in [0.5, 0.6) is 5.75 Å². The first-order valence-corrected chi connectivity index (χ1v) is 16.9. The third kappa shape index (κ3) is 11.7. The highest BCUT2D eigenvalue weighted by Gasteiger charge is 2.24. The highest BCUT2D eigenvalue weighted by atomic mass is 32.2. The first-order chi connectivity index (χ1) is 18.3. The monoisotopic (exact) mass is 560 g/mol. The lowest BCUT2D eigenvalue weighted by Crippen LogP contribution is -2.16. The molecule has 0 fully saturated rings. The maximum atomic E-state index is 10.6. The van der Waals surface area contributed by atoms with Crippen LogP contribution in [0.4, 0.5) is 11.6 Å². The van der Waals surface area contributed by atoms with Crippen molar-refractivity contribution in [1.29, 1.82) is 0 Å². The average molecular weight is 561 g/mol. The Kier molecular flexibility index (Phi) is 15.5. The van der Waals surface area contributed by atoms with Crippen LogP contribution in [-0.4, -0.2) is 31.6 Å². The molecular formula is C31H52N4OS2. The summed E-state index contributed by atoms with van der Waals surface area (Å²) in [6.45, 7) is 13.1. The maximum absolute atomic E-state index is 10.6. The van der Waals surface area contributed by atoms with E-state index in [-0.39, 0.29) is 5.41 Å². The first kappa shape index (κ1) is 32.7. The largest absolute Gasteiger partial charge is 0.508 e. The summed E-state index contributed by atoms with van der Waals surface area (Å²) in [6, 6.07) is 3.73. The summed E-state index contributed by atoms with van der Waals surface area (Å²) in [5.74, 6) is 3.01. The van der Waals surface area contributed by atoms with E-state index in [0.717, 1.165) is 45.1 Å². The molecule has 1 heterocycles. The molecule has 0 aliphatic heterocycles. The number of hydrogen-bond donors (Lipinski definition) is 2. The van der Waals surface area contributed by atoms with Crippen molar-refractivity contribution in [2.45, 2.75) is 141 Å². The lowest BCUT2D eigenvalue weighted by Gasteiger charge is -2.26. The molecule has 0 bridgehead atoms. The summed E-state index contributed by atoms with van der Waals surface area (Å²) in [7, 11) is 0. The number of nitrogens with zero attached hydrogens (tertiary/aromatic N) is 3. The molecule has 0 saturated carbocycles. The van der Waals surface area contributed by atoms with E-state index in [2.05, 4.69) is 46.9 Å². The molecule has 0 amide bonds. The third-order valence-corrected chi connectivity index (χ3v) is 8.56. The van der Waals surface area contributed by atoms with Crippen LogP contribution in [0.3, 0.4) is 0 Å². The Hall–Kier alpha value is -1.47. The number of rotatable bonds is 19. The standard InChI is InChI=1S/C31H52N4OS2/c1-7-10-12-14-16-18-22-37-29-33-28(34-30(35-29)38-23-19-17-15-13-11-8-2)32-25-20-21-26(36)27(24(25)9-3)31(4,5)6/h20-21,36H,7-19,22-23H2,1-6H3,(H,32,33,34,35). The Morgan fingerprint density at radius 2 is 1.21 bits per heavy atom. The van der Waals surface area contributed by atoms with Gasteiger partial charge in [0.05, 0.1) is 0 Å². The number of hydrogen-bond acceptors (Lipinski definition) is 7. The van der Waals surface area contributed by atoms with Gasteiger partial charge in [-0.15, -0.1) is 0 Å². The van der Waals surface area contributed by atoms with Crippen molar-refractivity contribution in [2.75, 3.05) is 16.8 Å². The number of nitrogens with one attached hydrogen (secondary N) is 1. The molecule has 7 heteroatoms. The number of aromatic hydroxyl groups is 1. The van der Waals surface area contributed by atoms with Crippen LogP contribution in [0.25, 0.3) is 0 Å². The molecular weight excluding hydrogens is 509 g/mol. The summed E-state index contributed by atoms with van der Waals surface area (Å²) in [6.07, 6.45) is 16.3. The van der Waals surface area contributed by atoms with Crippen molar-refractivity contribution in [3.05, 3.63) is 23.3 Å². The van der Waals surface area contributed by atoms with Crippen molar-refractivity contribution in [3.8, 4) is 5.75 Å². The second-order valence-corrected chi connectivity index (χ2v) is 13.3. The van der Waals surface area contributed by atoms with Crippen LogP contribution in [-0.2, 0) is 11.8 Å². The zero-order chi connectivity index (χ0) is 27.8. The minimum absolute atomic E-state index is 0.164. The van der Waals surface area contributed by atoms with Gasteiger partial charge in [-0.1, -0.05) is 129 Å². The van der Waals surface area contributed by atoms with E-state index in [4.69, 9.17) is 15.0 Å². The predicted molar refractivity (Wildman–Crippen MR) is 167 cm³/mol. The molecule has 1 aromatic carbocycles. The number of thioether (sulfide) groups is 2. The van der Waals surface area contributed by atoms with Crippen LogP contribution in [0.15, 0.2) is 22.4 Å². The summed E-state index contributed by atoms with van der Waals surface area (Å²) >= 11 is 3.48. The molecule has 2 rings (SSSR count). The van der Waals surface area contributed by atoms with Crippen molar-refractivity contribution in [3.63, 3.8) is 0 Å². The van der Waals surface area contributed by atoms with Gasteiger partial charge in [-0.05, 0) is 42.4 Å². The lowest BCUT2D eigenvalue weighted by atomic mass is 9.81. The van der Waals surface area contributed by atoms with Gasteiger partial charge in [-0.2, -0.15) is 15.0 Å². The second-order valence-electron chi connectivity index (χ2n) is 11.2.